The molecule has 92 valence electrons. The zero-order valence-corrected chi connectivity index (χ0v) is 10.9. The van der Waals surface area contributed by atoms with E-state index in [1.54, 1.807) is 11.0 Å². The Morgan fingerprint density at radius 3 is 2.94 bits per heavy atom. The highest BCUT2D eigenvalue weighted by atomic mass is 79.9. The molecule has 1 aromatic carbocycles. The van der Waals surface area contributed by atoms with Crippen LogP contribution in [0.3, 0.4) is 0 Å². The van der Waals surface area contributed by atoms with Gasteiger partial charge in [0.25, 0.3) is 5.91 Å². The van der Waals surface area contributed by atoms with Crippen LogP contribution in [0, 0.1) is 5.82 Å². The van der Waals surface area contributed by atoms with E-state index in [9.17, 15) is 9.18 Å². The normalized spacial score (nSPS) is 20.4. The lowest BCUT2D eigenvalue weighted by Crippen LogP contribution is -2.45. The molecule has 1 aliphatic rings. The van der Waals surface area contributed by atoms with E-state index in [0.717, 1.165) is 12.8 Å². The highest BCUT2D eigenvalue weighted by Gasteiger charge is 2.24. The fraction of sp³-hybridized carbons (Fsp3) is 0.417. The first-order valence-electron chi connectivity index (χ1n) is 5.58. The molecule has 1 aliphatic heterocycles. The van der Waals surface area contributed by atoms with Crippen molar-refractivity contribution in [2.24, 2.45) is 5.73 Å². The third-order valence-electron chi connectivity index (χ3n) is 2.91. The van der Waals surface area contributed by atoms with Gasteiger partial charge in [0.2, 0.25) is 0 Å². The number of benzene rings is 1. The molecule has 0 saturated carbocycles. The smallest absolute Gasteiger partial charge is 0.256 e. The average Bonchev–Trinajstić information content (AvgIpc) is 2.28. The van der Waals surface area contributed by atoms with Crippen LogP contribution in [-0.2, 0) is 0 Å². The van der Waals surface area contributed by atoms with E-state index in [1.165, 1.54) is 12.1 Å². The SMILES string of the molecule is NC1CCCN(C(=O)c2ccc(Br)cc2F)C1. The predicted octanol–water partition coefficient (Wildman–Crippen LogP) is 2.15. The molecule has 2 N–H and O–H groups in total. The molecule has 5 heteroatoms. The molecule has 1 heterocycles. The maximum atomic E-state index is 13.6. The number of likely N-dealkylation sites (tertiary alicyclic amines) is 1. The van der Waals surface area contributed by atoms with Crippen LogP contribution >= 0.6 is 15.9 Å². The van der Waals surface area contributed by atoms with Crippen LogP contribution in [0.1, 0.15) is 23.2 Å². The van der Waals surface area contributed by atoms with Gasteiger partial charge < -0.3 is 10.6 Å². The second kappa shape index (κ2) is 5.14. The lowest BCUT2D eigenvalue weighted by Gasteiger charge is -2.30. The molecule has 1 atom stereocenters. The highest BCUT2D eigenvalue weighted by Crippen LogP contribution is 2.18. The molecular formula is C12H14BrFN2O. The van der Waals surface area contributed by atoms with Crippen molar-refractivity contribution in [1.82, 2.24) is 4.90 Å². The standard InChI is InChI=1S/C12H14BrFN2O/c13-8-3-4-10(11(14)6-8)12(17)16-5-1-2-9(15)7-16/h3-4,6,9H,1-2,5,7,15H2. The summed E-state index contributed by atoms with van der Waals surface area (Å²) in [6.07, 6.45) is 1.80. The molecule has 0 spiro atoms. The number of halogens is 2. The molecule has 1 fully saturated rings. The van der Waals surface area contributed by atoms with Crippen LogP contribution in [0.5, 0.6) is 0 Å². The zero-order chi connectivity index (χ0) is 12.4. The van der Waals surface area contributed by atoms with E-state index in [4.69, 9.17) is 5.73 Å². The number of nitrogens with two attached hydrogens (primary N) is 1. The zero-order valence-electron chi connectivity index (χ0n) is 9.33. The van der Waals surface area contributed by atoms with Crippen LogP contribution < -0.4 is 5.73 Å². The maximum absolute atomic E-state index is 13.6. The molecule has 0 aliphatic carbocycles. The average molecular weight is 301 g/mol. The number of rotatable bonds is 1. The molecular weight excluding hydrogens is 287 g/mol. The Morgan fingerprint density at radius 1 is 1.53 bits per heavy atom. The van der Waals surface area contributed by atoms with Gasteiger partial charge in [-0.3, -0.25) is 4.79 Å². The third kappa shape index (κ3) is 2.84. The first-order chi connectivity index (χ1) is 8.08. The van der Waals surface area contributed by atoms with Crippen molar-refractivity contribution in [2.75, 3.05) is 13.1 Å². The fourth-order valence-corrected chi connectivity index (χ4v) is 2.36. The van der Waals surface area contributed by atoms with Crippen LogP contribution in [-0.4, -0.2) is 29.9 Å². The number of carbonyl (C=O) groups is 1. The summed E-state index contributed by atoms with van der Waals surface area (Å²) in [5, 5.41) is 0. The molecule has 0 aromatic heterocycles. The largest absolute Gasteiger partial charge is 0.337 e. The van der Waals surface area contributed by atoms with E-state index < -0.39 is 5.82 Å². The summed E-state index contributed by atoms with van der Waals surface area (Å²) in [6.45, 7) is 1.16. The summed E-state index contributed by atoms with van der Waals surface area (Å²) in [6, 6.07) is 4.48. The van der Waals surface area contributed by atoms with E-state index in [0.29, 0.717) is 17.6 Å². The second-order valence-corrected chi connectivity index (χ2v) is 5.19. The van der Waals surface area contributed by atoms with Crippen molar-refractivity contribution >= 4 is 21.8 Å². The first-order valence-corrected chi connectivity index (χ1v) is 6.37. The second-order valence-electron chi connectivity index (χ2n) is 4.28. The van der Waals surface area contributed by atoms with Gasteiger partial charge in [-0.05, 0) is 31.0 Å². The number of hydrogen-bond donors (Lipinski definition) is 1. The van der Waals surface area contributed by atoms with Crippen molar-refractivity contribution in [2.45, 2.75) is 18.9 Å². The van der Waals surface area contributed by atoms with Gasteiger partial charge in [-0.15, -0.1) is 0 Å². The molecule has 1 amide bonds. The highest BCUT2D eigenvalue weighted by molar-refractivity contribution is 9.10. The van der Waals surface area contributed by atoms with Gasteiger partial charge >= 0.3 is 0 Å². The molecule has 17 heavy (non-hydrogen) atoms. The minimum atomic E-state index is -0.497. The number of nitrogens with zero attached hydrogens (tertiary/aromatic N) is 1. The van der Waals surface area contributed by atoms with Crippen LogP contribution in [0.2, 0.25) is 0 Å². The molecule has 1 saturated heterocycles. The number of hydrogen-bond acceptors (Lipinski definition) is 2. The van der Waals surface area contributed by atoms with E-state index in [-0.39, 0.29) is 17.5 Å². The Kier molecular flexibility index (Phi) is 3.79. The minimum Gasteiger partial charge on any atom is -0.337 e. The van der Waals surface area contributed by atoms with Gasteiger partial charge in [-0.25, -0.2) is 4.39 Å². The summed E-state index contributed by atoms with van der Waals surface area (Å²) in [7, 11) is 0. The Labute approximate surface area is 108 Å². The maximum Gasteiger partial charge on any atom is 0.256 e. The van der Waals surface area contributed by atoms with Gasteiger partial charge in [0.05, 0.1) is 5.56 Å². The van der Waals surface area contributed by atoms with Crippen LogP contribution in [0.4, 0.5) is 4.39 Å². The lowest BCUT2D eigenvalue weighted by atomic mass is 10.1. The predicted molar refractivity (Wildman–Crippen MR) is 67.2 cm³/mol. The summed E-state index contributed by atoms with van der Waals surface area (Å²) in [5.41, 5.74) is 5.92. The number of piperidine rings is 1. The summed E-state index contributed by atoms with van der Waals surface area (Å²) in [5.74, 6) is -0.770. The molecule has 1 unspecified atom stereocenters. The van der Waals surface area contributed by atoms with Gasteiger partial charge in [0.1, 0.15) is 5.82 Å². The summed E-state index contributed by atoms with van der Waals surface area (Å²) in [4.78, 5) is 13.7. The van der Waals surface area contributed by atoms with Crippen molar-refractivity contribution in [3.63, 3.8) is 0 Å². The van der Waals surface area contributed by atoms with E-state index in [1.807, 2.05) is 0 Å². The fourth-order valence-electron chi connectivity index (χ4n) is 2.03. The lowest BCUT2D eigenvalue weighted by molar-refractivity contribution is 0.0704. The van der Waals surface area contributed by atoms with Crippen molar-refractivity contribution in [3.05, 3.63) is 34.1 Å². The quantitative estimate of drug-likeness (QED) is 0.864. The topological polar surface area (TPSA) is 46.3 Å². The Bertz CT molecular complexity index is 439. The Hall–Kier alpha value is -0.940. The summed E-state index contributed by atoms with van der Waals surface area (Å²) >= 11 is 3.17. The number of amides is 1. The molecule has 1 aromatic rings. The number of carbonyl (C=O) groups excluding carboxylic acids is 1. The van der Waals surface area contributed by atoms with Gasteiger partial charge in [-0.2, -0.15) is 0 Å². The summed E-state index contributed by atoms with van der Waals surface area (Å²) < 4.78 is 14.3. The molecule has 2 rings (SSSR count). The van der Waals surface area contributed by atoms with Gasteiger partial charge in [0, 0.05) is 23.6 Å². The monoisotopic (exact) mass is 300 g/mol. The van der Waals surface area contributed by atoms with Crippen LogP contribution in [0.15, 0.2) is 22.7 Å². The molecule has 0 radical (unpaired) electrons. The minimum absolute atomic E-state index is 0.00575. The first kappa shape index (κ1) is 12.5. The van der Waals surface area contributed by atoms with Crippen molar-refractivity contribution in [3.8, 4) is 0 Å². The van der Waals surface area contributed by atoms with Crippen molar-refractivity contribution in [1.29, 1.82) is 0 Å². The van der Waals surface area contributed by atoms with Crippen molar-refractivity contribution < 1.29 is 9.18 Å². The Morgan fingerprint density at radius 2 is 2.29 bits per heavy atom. The molecule has 0 bridgehead atoms. The van der Waals surface area contributed by atoms with Crippen LogP contribution in [0.25, 0.3) is 0 Å². The third-order valence-corrected chi connectivity index (χ3v) is 3.40. The van der Waals surface area contributed by atoms with E-state index >= 15 is 0 Å². The van der Waals surface area contributed by atoms with Gasteiger partial charge in [-0.1, -0.05) is 15.9 Å². The Balaban J connectivity index is 2.18. The van der Waals surface area contributed by atoms with E-state index in [2.05, 4.69) is 15.9 Å². The van der Waals surface area contributed by atoms with Gasteiger partial charge in [0.15, 0.2) is 0 Å². The molecule has 3 nitrogen and oxygen atoms in total.